The standard InChI is InChI=1S/C16H24ClN3/c1-2-3-4-5-6-9-15-12-19-16(18)20(15)14-10-7-8-13(17)11-14/h7-8,10-11,15H,2-6,9,12H2,1H3,(H2,18,19). The van der Waals surface area contributed by atoms with Crippen molar-refractivity contribution in [3.05, 3.63) is 29.3 Å². The summed E-state index contributed by atoms with van der Waals surface area (Å²) in [4.78, 5) is 6.53. The van der Waals surface area contributed by atoms with Gasteiger partial charge in [-0.1, -0.05) is 56.7 Å². The number of guanidine groups is 1. The third-order valence-electron chi connectivity index (χ3n) is 3.80. The highest BCUT2D eigenvalue weighted by Crippen LogP contribution is 2.26. The smallest absolute Gasteiger partial charge is 0.196 e. The molecule has 1 aliphatic rings. The van der Waals surface area contributed by atoms with Gasteiger partial charge in [0.2, 0.25) is 0 Å². The van der Waals surface area contributed by atoms with Crippen molar-refractivity contribution in [2.75, 3.05) is 11.4 Å². The average Bonchev–Trinajstić information content (AvgIpc) is 2.80. The number of benzene rings is 1. The van der Waals surface area contributed by atoms with Crippen molar-refractivity contribution in [2.24, 2.45) is 10.7 Å². The Hall–Kier alpha value is -1.22. The van der Waals surface area contributed by atoms with Crippen LogP contribution in [0.25, 0.3) is 0 Å². The Morgan fingerprint density at radius 1 is 1.30 bits per heavy atom. The molecule has 1 heterocycles. The minimum atomic E-state index is 0.384. The quantitative estimate of drug-likeness (QED) is 0.765. The molecule has 0 amide bonds. The van der Waals surface area contributed by atoms with E-state index in [9.17, 15) is 0 Å². The van der Waals surface area contributed by atoms with E-state index in [0.29, 0.717) is 12.0 Å². The zero-order valence-electron chi connectivity index (χ0n) is 12.2. The molecule has 0 bridgehead atoms. The van der Waals surface area contributed by atoms with Gasteiger partial charge in [0.15, 0.2) is 5.96 Å². The molecule has 2 N–H and O–H groups in total. The second-order valence-corrected chi connectivity index (χ2v) is 5.84. The molecule has 4 heteroatoms. The van der Waals surface area contributed by atoms with Gasteiger partial charge >= 0.3 is 0 Å². The molecule has 20 heavy (non-hydrogen) atoms. The van der Waals surface area contributed by atoms with E-state index < -0.39 is 0 Å². The number of anilines is 1. The van der Waals surface area contributed by atoms with Crippen molar-refractivity contribution >= 4 is 23.2 Å². The van der Waals surface area contributed by atoms with E-state index in [-0.39, 0.29) is 0 Å². The minimum absolute atomic E-state index is 0.384. The van der Waals surface area contributed by atoms with Gasteiger partial charge in [0.1, 0.15) is 0 Å². The summed E-state index contributed by atoms with van der Waals surface area (Å²) in [5.41, 5.74) is 7.09. The van der Waals surface area contributed by atoms with Crippen LogP contribution < -0.4 is 10.6 Å². The first-order valence-corrected chi connectivity index (χ1v) is 7.95. The highest BCUT2D eigenvalue weighted by atomic mass is 35.5. The van der Waals surface area contributed by atoms with Gasteiger partial charge in [-0.25, -0.2) is 0 Å². The van der Waals surface area contributed by atoms with Crippen LogP contribution in [0.15, 0.2) is 29.3 Å². The maximum absolute atomic E-state index is 6.07. The van der Waals surface area contributed by atoms with Gasteiger partial charge in [-0.2, -0.15) is 0 Å². The molecule has 1 aromatic carbocycles. The fourth-order valence-corrected chi connectivity index (χ4v) is 2.90. The van der Waals surface area contributed by atoms with E-state index in [2.05, 4.69) is 16.8 Å². The molecule has 1 aliphatic heterocycles. The lowest BCUT2D eigenvalue weighted by Gasteiger charge is -2.26. The van der Waals surface area contributed by atoms with Gasteiger partial charge in [-0.15, -0.1) is 0 Å². The predicted octanol–water partition coefficient (Wildman–Crippen LogP) is 4.20. The predicted molar refractivity (Wildman–Crippen MR) is 87.6 cm³/mol. The van der Waals surface area contributed by atoms with Crippen LogP contribution in [-0.2, 0) is 0 Å². The largest absolute Gasteiger partial charge is 0.370 e. The van der Waals surface area contributed by atoms with Gasteiger partial charge in [0.05, 0.1) is 12.6 Å². The molecule has 0 fully saturated rings. The van der Waals surface area contributed by atoms with E-state index in [1.165, 1.54) is 32.1 Å². The van der Waals surface area contributed by atoms with Crippen LogP contribution in [0.3, 0.4) is 0 Å². The van der Waals surface area contributed by atoms with E-state index in [1.54, 1.807) is 0 Å². The summed E-state index contributed by atoms with van der Waals surface area (Å²) < 4.78 is 0. The first-order chi connectivity index (χ1) is 9.72. The summed E-state index contributed by atoms with van der Waals surface area (Å²) in [6.07, 6.45) is 7.63. The van der Waals surface area contributed by atoms with E-state index >= 15 is 0 Å². The molecule has 0 spiro atoms. The number of hydrogen-bond acceptors (Lipinski definition) is 3. The van der Waals surface area contributed by atoms with Crippen LogP contribution in [0.2, 0.25) is 5.02 Å². The Morgan fingerprint density at radius 3 is 2.85 bits per heavy atom. The third kappa shape index (κ3) is 3.89. The molecular formula is C16H24ClN3. The maximum Gasteiger partial charge on any atom is 0.196 e. The lowest BCUT2D eigenvalue weighted by molar-refractivity contribution is 0.555. The zero-order chi connectivity index (χ0) is 14.4. The van der Waals surface area contributed by atoms with Crippen molar-refractivity contribution in [1.29, 1.82) is 0 Å². The summed E-state index contributed by atoms with van der Waals surface area (Å²) in [6.45, 7) is 3.04. The monoisotopic (exact) mass is 293 g/mol. The van der Waals surface area contributed by atoms with Gasteiger partial charge in [-0.05, 0) is 24.6 Å². The van der Waals surface area contributed by atoms with E-state index in [0.717, 1.165) is 23.7 Å². The van der Waals surface area contributed by atoms with Gasteiger partial charge in [-0.3, -0.25) is 4.99 Å². The third-order valence-corrected chi connectivity index (χ3v) is 4.04. The summed E-state index contributed by atoms with van der Waals surface area (Å²) in [7, 11) is 0. The lowest BCUT2D eigenvalue weighted by atomic mass is 10.1. The van der Waals surface area contributed by atoms with E-state index in [1.807, 2.05) is 24.3 Å². The number of rotatable bonds is 7. The Balaban J connectivity index is 1.93. The number of halogens is 1. The van der Waals surface area contributed by atoms with Crippen LogP contribution in [0.4, 0.5) is 5.69 Å². The molecule has 0 aliphatic carbocycles. The number of nitrogens with zero attached hydrogens (tertiary/aromatic N) is 2. The molecule has 0 saturated carbocycles. The van der Waals surface area contributed by atoms with Crippen LogP contribution >= 0.6 is 11.6 Å². The molecule has 1 atom stereocenters. The lowest BCUT2D eigenvalue weighted by Crippen LogP contribution is -2.40. The fourth-order valence-electron chi connectivity index (χ4n) is 2.72. The molecule has 2 rings (SSSR count). The molecule has 0 radical (unpaired) electrons. The van der Waals surface area contributed by atoms with Crippen molar-refractivity contribution in [3.8, 4) is 0 Å². The van der Waals surface area contributed by atoms with Crippen LogP contribution in [0.1, 0.15) is 45.4 Å². The van der Waals surface area contributed by atoms with Crippen molar-refractivity contribution in [3.63, 3.8) is 0 Å². The first-order valence-electron chi connectivity index (χ1n) is 7.57. The maximum atomic E-state index is 6.07. The Kier molecular flexibility index (Phi) is 5.72. The van der Waals surface area contributed by atoms with Crippen LogP contribution in [-0.4, -0.2) is 18.5 Å². The summed E-state index contributed by atoms with van der Waals surface area (Å²) in [6, 6.07) is 8.23. The normalized spacial score (nSPS) is 18.4. The number of hydrogen-bond donors (Lipinski definition) is 1. The zero-order valence-corrected chi connectivity index (χ0v) is 12.9. The molecule has 1 unspecified atom stereocenters. The number of unbranched alkanes of at least 4 members (excludes halogenated alkanes) is 4. The molecule has 3 nitrogen and oxygen atoms in total. The second kappa shape index (κ2) is 7.53. The fraction of sp³-hybridized carbons (Fsp3) is 0.562. The molecule has 110 valence electrons. The van der Waals surface area contributed by atoms with E-state index in [4.69, 9.17) is 17.3 Å². The number of nitrogens with two attached hydrogens (primary N) is 1. The van der Waals surface area contributed by atoms with Gasteiger partial charge < -0.3 is 10.6 Å². The van der Waals surface area contributed by atoms with Crippen molar-refractivity contribution in [2.45, 2.75) is 51.5 Å². The Bertz CT molecular complexity index is 459. The molecule has 0 saturated heterocycles. The summed E-state index contributed by atoms with van der Waals surface area (Å²) in [5.74, 6) is 0.617. The molecular weight excluding hydrogens is 270 g/mol. The van der Waals surface area contributed by atoms with Gasteiger partial charge in [0, 0.05) is 10.7 Å². The topological polar surface area (TPSA) is 41.6 Å². The molecule has 0 aromatic heterocycles. The van der Waals surface area contributed by atoms with Crippen molar-refractivity contribution < 1.29 is 0 Å². The summed E-state index contributed by atoms with van der Waals surface area (Å²) in [5, 5.41) is 0.740. The minimum Gasteiger partial charge on any atom is -0.370 e. The van der Waals surface area contributed by atoms with Crippen molar-refractivity contribution in [1.82, 2.24) is 0 Å². The first kappa shape index (κ1) is 15.2. The van der Waals surface area contributed by atoms with Gasteiger partial charge in [0.25, 0.3) is 0 Å². The molecule has 1 aromatic rings. The SMILES string of the molecule is CCCCCCCC1CN=C(N)N1c1cccc(Cl)c1. The second-order valence-electron chi connectivity index (χ2n) is 5.41. The highest BCUT2D eigenvalue weighted by Gasteiger charge is 2.26. The number of aliphatic imine (C=N–C) groups is 1. The average molecular weight is 294 g/mol. The van der Waals surface area contributed by atoms with Crippen LogP contribution in [0.5, 0.6) is 0 Å². The Labute approximate surface area is 126 Å². The summed E-state index contributed by atoms with van der Waals surface area (Å²) >= 11 is 6.07. The highest BCUT2D eigenvalue weighted by molar-refractivity contribution is 6.30. The van der Waals surface area contributed by atoms with Crippen LogP contribution in [0, 0.1) is 0 Å². The Morgan fingerprint density at radius 2 is 2.10 bits per heavy atom.